The van der Waals surface area contributed by atoms with Gasteiger partial charge in [-0.05, 0) is 62.3 Å². The molecule has 0 saturated carbocycles. The van der Waals surface area contributed by atoms with Crippen molar-refractivity contribution in [3.05, 3.63) is 90.8 Å². The highest BCUT2D eigenvalue weighted by atomic mass is 16.4. The van der Waals surface area contributed by atoms with Crippen molar-refractivity contribution >= 4 is 23.9 Å². The van der Waals surface area contributed by atoms with Crippen LogP contribution < -0.4 is 5.32 Å². The summed E-state index contributed by atoms with van der Waals surface area (Å²) in [6.45, 7) is 3.80. The van der Waals surface area contributed by atoms with Gasteiger partial charge in [0.1, 0.15) is 5.76 Å². The SMILES string of the molecule is O=C(O)C(=O)O.O=C(O)C(=O)O.c1ccc(-n2cc(CNCC(c3ccco3)N3CCCC3)c(-c3cccnc3)n2)cc1. The Bertz CT molecular complexity index is 1420. The van der Waals surface area contributed by atoms with Crippen molar-refractivity contribution in [2.45, 2.75) is 25.4 Å². The Hall–Kier alpha value is -5.34. The summed E-state index contributed by atoms with van der Waals surface area (Å²) < 4.78 is 7.71. The van der Waals surface area contributed by atoms with Gasteiger partial charge in [-0.1, -0.05) is 18.2 Å². The van der Waals surface area contributed by atoms with Gasteiger partial charge in [0.05, 0.1) is 23.7 Å². The largest absolute Gasteiger partial charge is 0.473 e. The number of aromatic nitrogens is 3. The van der Waals surface area contributed by atoms with E-state index in [1.807, 2.05) is 41.2 Å². The minimum atomic E-state index is -1.82. The molecule has 0 bridgehead atoms. The zero-order valence-corrected chi connectivity index (χ0v) is 22.9. The van der Waals surface area contributed by atoms with Crippen LogP contribution in [0, 0.1) is 0 Å². The summed E-state index contributed by atoms with van der Waals surface area (Å²) in [6.07, 6.45) is 10.1. The number of likely N-dealkylation sites (tertiary alicyclic amines) is 1. The molecule has 0 amide bonds. The monoisotopic (exact) mass is 593 g/mol. The summed E-state index contributed by atoms with van der Waals surface area (Å²) in [7, 11) is 0. The zero-order chi connectivity index (χ0) is 31.2. The molecule has 5 rings (SSSR count). The fourth-order valence-electron chi connectivity index (χ4n) is 4.29. The second kappa shape index (κ2) is 16.2. The van der Waals surface area contributed by atoms with E-state index >= 15 is 0 Å². The molecule has 5 N–H and O–H groups in total. The molecular weight excluding hydrogens is 562 g/mol. The molecule has 14 nitrogen and oxygen atoms in total. The van der Waals surface area contributed by atoms with Gasteiger partial charge in [-0.3, -0.25) is 9.88 Å². The third-order valence-corrected chi connectivity index (χ3v) is 6.22. The fourth-order valence-corrected chi connectivity index (χ4v) is 4.29. The van der Waals surface area contributed by atoms with Gasteiger partial charge >= 0.3 is 23.9 Å². The van der Waals surface area contributed by atoms with Gasteiger partial charge in [0.2, 0.25) is 0 Å². The molecule has 1 saturated heterocycles. The molecule has 1 aliphatic heterocycles. The Morgan fingerprint density at radius 3 is 2.05 bits per heavy atom. The number of furan rings is 1. The molecule has 0 radical (unpaired) electrons. The van der Waals surface area contributed by atoms with Crippen LogP contribution in [0.2, 0.25) is 0 Å². The predicted octanol–water partition coefficient (Wildman–Crippen LogP) is 2.77. The number of carboxylic acid groups (broad SMARTS) is 4. The summed E-state index contributed by atoms with van der Waals surface area (Å²) in [4.78, 5) is 43.2. The van der Waals surface area contributed by atoms with Crippen LogP contribution in [0.5, 0.6) is 0 Å². The summed E-state index contributed by atoms with van der Waals surface area (Å²) >= 11 is 0. The van der Waals surface area contributed by atoms with E-state index < -0.39 is 23.9 Å². The van der Waals surface area contributed by atoms with Gasteiger partial charge in [0, 0.05) is 42.8 Å². The van der Waals surface area contributed by atoms with Gasteiger partial charge in [-0.25, -0.2) is 23.9 Å². The first kappa shape index (κ1) is 32.2. The van der Waals surface area contributed by atoms with Crippen molar-refractivity contribution < 1.29 is 44.0 Å². The maximum absolute atomic E-state index is 9.10. The molecule has 0 spiro atoms. The molecule has 4 heterocycles. The van der Waals surface area contributed by atoms with Crippen molar-refractivity contribution in [1.82, 2.24) is 25.0 Å². The van der Waals surface area contributed by atoms with Crippen LogP contribution in [0.1, 0.15) is 30.2 Å². The predicted molar refractivity (Wildman–Crippen MR) is 151 cm³/mol. The van der Waals surface area contributed by atoms with E-state index in [0.717, 1.165) is 54.4 Å². The molecule has 226 valence electrons. The molecule has 3 aromatic heterocycles. The average molecular weight is 594 g/mol. The number of hydrogen-bond donors (Lipinski definition) is 5. The first-order valence-corrected chi connectivity index (χ1v) is 13.1. The van der Waals surface area contributed by atoms with Gasteiger partial charge < -0.3 is 30.2 Å². The molecular formula is C29H31N5O9. The number of nitrogens with one attached hydrogen (secondary N) is 1. The number of carbonyl (C=O) groups is 4. The van der Waals surface area contributed by atoms with Crippen molar-refractivity contribution in [1.29, 1.82) is 0 Å². The standard InChI is InChI=1S/C25H27N5O.2C2H2O4/c1-2-9-22(10-3-1)30-19-21(25(28-30)20-8-6-12-26-16-20)17-27-18-23(24-11-7-15-31-24)29-13-4-5-14-29;2*3-1(4)2(5)6/h1-3,6-12,15-16,19,23,27H,4-5,13-14,17-18H2;2*(H,3,4)(H,5,6). The molecule has 0 aliphatic carbocycles. The number of aliphatic carboxylic acids is 4. The highest BCUT2D eigenvalue weighted by Crippen LogP contribution is 2.26. The third-order valence-electron chi connectivity index (χ3n) is 6.22. The summed E-state index contributed by atoms with van der Waals surface area (Å²) in [6, 6.07) is 18.5. The average Bonchev–Trinajstić information content (AvgIpc) is 3.80. The van der Waals surface area contributed by atoms with Gasteiger partial charge in [-0.2, -0.15) is 5.10 Å². The Morgan fingerprint density at radius 1 is 0.860 bits per heavy atom. The normalized spacial score (nSPS) is 13.1. The van der Waals surface area contributed by atoms with E-state index in [0.29, 0.717) is 0 Å². The maximum atomic E-state index is 9.10. The van der Waals surface area contributed by atoms with Gasteiger partial charge in [0.25, 0.3) is 0 Å². The lowest BCUT2D eigenvalue weighted by Crippen LogP contribution is -2.33. The fraction of sp³-hybridized carbons (Fsp3) is 0.241. The highest BCUT2D eigenvalue weighted by Gasteiger charge is 2.25. The van der Waals surface area contributed by atoms with Gasteiger partial charge in [0.15, 0.2) is 0 Å². The van der Waals surface area contributed by atoms with Crippen molar-refractivity contribution in [3.63, 3.8) is 0 Å². The lowest BCUT2D eigenvalue weighted by Gasteiger charge is -2.26. The maximum Gasteiger partial charge on any atom is 0.414 e. The van der Waals surface area contributed by atoms with E-state index in [9.17, 15) is 0 Å². The number of pyridine rings is 1. The first-order chi connectivity index (χ1) is 20.7. The second-order valence-electron chi connectivity index (χ2n) is 9.15. The smallest absolute Gasteiger partial charge is 0.414 e. The molecule has 1 aliphatic rings. The lowest BCUT2D eigenvalue weighted by atomic mass is 10.1. The summed E-state index contributed by atoms with van der Waals surface area (Å²) in [5, 5.41) is 38.1. The molecule has 1 aromatic carbocycles. The zero-order valence-electron chi connectivity index (χ0n) is 22.9. The number of carboxylic acids is 4. The molecule has 14 heteroatoms. The molecule has 1 fully saturated rings. The van der Waals surface area contributed by atoms with E-state index in [1.54, 1.807) is 12.5 Å². The molecule has 43 heavy (non-hydrogen) atoms. The van der Waals surface area contributed by atoms with Crippen LogP contribution in [0.3, 0.4) is 0 Å². The van der Waals surface area contributed by atoms with E-state index in [-0.39, 0.29) is 6.04 Å². The Kier molecular flexibility index (Phi) is 12.1. The van der Waals surface area contributed by atoms with Crippen LogP contribution in [0.25, 0.3) is 16.9 Å². The van der Waals surface area contributed by atoms with Crippen LogP contribution in [0.4, 0.5) is 0 Å². The van der Waals surface area contributed by atoms with Crippen molar-refractivity contribution in [2.24, 2.45) is 0 Å². The van der Waals surface area contributed by atoms with Crippen molar-refractivity contribution in [2.75, 3.05) is 19.6 Å². The lowest BCUT2D eigenvalue weighted by molar-refractivity contribution is -0.159. The number of hydrogen-bond acceptors (Lipinski definition) is 9. The van der Waals surface area contributed by atoms with Crippen LogP contribution in [0.15, 0.2) is 83.9 Å². The van der Waals surface area contributed by atoms with E-state index in [2.05, 4.69) is 45.7 Å². The second-order valence-corrected chi connectivity index (χ2v) is 9.15. The van der Waals surface area contributed by atoms with Crippen LogP contribution >= 0.6 is 0 Å². The highest BCUT2D eigenvalue weighted by molar-refractivity contribution is 6.27. The third kappa shape index (κ3) is 9.91. The number of nitrogens with zero attached hydrogens (tertiary/aromatic N) is 4. The number of benzene rings is 1. The van der Waals surface area contributed by atoms with Crippen LogP contribution in [-0.4, -0.2) is 83.6 Å². The first-order valence-electron chi connectivity index (χ1n) is 13.1. The van der Waals surface area contributed by atoms with E-state index in [4.69, 9.17) is 49.1 Å². The van der Waals surface area contributed by atoms with Crippen molar-refractivity contribution in [3.8, 4) is 16.9 Å². The topological polar surface area (TPSA) is 208 Å². The quantitative estimate of drug-likeness (QED) is 0.186. The van der Waals surface area contributed by atoms with Gasteiger partial charge in [-0.15, -0.1) is 0 Å². The summed E-state index contributed by atoms with van der Waals surface area (Å²) in [5.41, 5.74) is 4.18. The molecule has 1 unspecified atom stereocenters. The Labute approximate surface area is 245 Å². The molecule has 1 atom stereocenters. The Morgan fingerprint density at radius 2 is 1.51 bits per heavy atom. The number of rotatable bonds is 8. The molecule has 4 aromatic rings. The van der Waals surface area contributed by atoms with E-state index in [1.165, 1.54) is 12.8 Å². The summed E-state index contributed by atoms with van der Waals surface area (Å²) in [5.74, 6) is -6.27. The van der Waals surface area contributed by atoms with Crippen LogP contribution in [-0.2, 0) is 25.7 Å². The number of para-hydroxylation sites is 1. The minimum Gasteiger partial charge on any atom is -0.473 e. The minimum absolute atomic E-state index is 0.253. The Balaban J connectivity index is 0.000000359.